The molecule has 0 fully saturated rings. The van der Waals surface area contributed by atoms with Gasteiger partial charge in [-0.2, -0.15) is 5.26 Å². The van der Waals surface area contributed by atoms with Gasteiger partial charge in [0.05, 0.1) is 11.2 Å². The molecular weight excluding hydrogens is 428 g/mol. The molecule has 4 aromatic rings. The number of nitrogens with zero attached hydrogens (tertiary/aromatic N) is 2. The van der Waals surface area contributed by atoms with Gasteiger partial charge in [0, 0.05) is 36.1 Å². The van der Waals surface area contributed by atoms with E-state index in [1.165, 1.54) is 0 Å². The SMILES string of the molecule is CC(C)(Cc1c[nH]c2c(OCC#N)cccc12)NC[C@H](O)COc1ccccc1-n1cccc1. The molecule has 2 aromatic carbocycles. The number of aliphatic hydroxyl groups excluding tert-OH is 1. The van der Waals surface area contributed by atoms with Gasteiger partial charge in [0.15, 0.2) is 6.61 Å². The number of rotatable bonds is 11. The van der Waals surface area contributed by atoms with Crippen molar-refractivity contribution in [3.63, 3.8) is 0 Å². The maximum atomic E-state index is 10.6. The van der Waals surface area contributed by atoms with Gasteiger partial charge in [0.25, 0.3) is 0 Å². The van der Waals surface area contributed by atoms with Gasteiger partial charge in [-0.05, 0) is 56.2 Å². The van der Waals surface area contributed by atoms with E-state index in [4.69, 9.17) is 14.7 Å². The highest BCUT2D eigenvalue weighted by Gasteiger charge is 2.22. The quantitative estimate of drug-likeness (QED) is 0.313. The van der Waals surface area contributed by atoms with Crippen molar-refractivity contribution < 1.29 is 14.6 Å². The highest BCUT2D eigenvalue weighted by atomic mass is 16.5. The third-order valence-corrected chi connectivity index (χ3v) is 5.68. The Morgan fingerprint density at radius 1 is 1.06 bits per heavy atom. The Kier molecular flexibility index (Phi) is 7.21. The van der Waals surface area contributed by atoms with Crippen LogP contribution in [0, 0.1) is 11.3 Å². The number of fused-ring (bicyclic) bond motifs is 1. The monoisotopic (exact) mass is 458 g/mol. The summed E-state index contributed by atoms with van der Waals surface area (Å²) in [6.07, 6.45) is 5.99. The number of nitrogens with one attached hydrogen (secondary N) is 2. The molecule has 1 atom stereocenters. The Labute approximate surface area is 199 Å². The van der Waals surface area contributed by atoms with Crippen LogP contribution in [0.15, 0.2) is 73.2 Å². The molecule has 176 valence electrons. The molecule has 2 aromatic heterocycles. The minimum absolute atomic E-state index is 0.0103. The Bertz CT molecular complexity index is 1250. The van der Waals surface area contributed by atoms with Crippen LogP contribution < -0.4 is 14.8 Å². The number of hydrogen-bond acceptors (Lipinski definition) is 5. The van der Waals surface area contributed by atoms with Crippen molar-refractivity contribution in [3.05, 3.63) is 78.8 Å². The van der Waals surface area contributed by atoms with Crippen molar-refractivity contribution in [3.8, 4) is 23.3 Å². The first kappa shape index (κ1) is 23.4. The number of benzene rings is 2. The molecule has 0 saturated heterocycles. The van der Waals surface area contributed by atoms with Crippen LogP contribution in [0.5, 0.6) is 11.5 Å². The predicted octanol–water partition coefficient (Wildman–Crippen LogP) is 4.21. The number of aliphatic hydroxyl groups is 1. The molecule has 0 bridgehead atoms. The van der Waals surface area contributed by atoms with Crippen molar-refractivity contribution in [1.82, 2.24) is 14.9 Å². The van der Waals surface area contributed by atoms with Crippen LogP contribution in [0.2, 0.25) is 0 Å². The second-order valence-electron chi connectivity index (χ2n) is 8.90. The van der Waals surface area contributed by atoms with E-state index in [2.05, 4.69) is 24.1 Å². The highest BCUT2D eigenvalue weighted by molar-refractivity contribution is 5.88. The van der Waals surface area contributed by atoms with Crippen LogP contribution in [0.3, 0.4) is 0 Å². The van der Waals surface area contributed by atoms with E-state index in [1.54, 1.807) is 0 Å². The molecule has 0 radical (unpaired) electrons. The number of β-amino-alcohol motifs (C(OH)–C–C–N with tert-alkyl or cyclic N) is 1. The Morgan fingerprint density at radius 2 is 1.82 bits per heavy atom. The van der Waals surface area contributed by atoms with Crippen LogP contribution in [-0.4, -0.2) is 46.1 Å². The number of H-pyrrole nitrogens is 1. The van der Waals surface area contributed by atoms with Gasteiger partial charge >= 0.3 is 0 Å². The Balaban J connectivity index is 1.34. The first-order chi connectivity index (χ1) is 16.5. The molecule has 0 aliphatic rings. The molecule has 0 amide bonds. The summed E-state index contributed by atoms with van der Waals surface area (Å²) < 4.78 is 13.5. The first-order valence-corrected chi connectivity index (χ1v) is 11.3. The van der Waals surface area contributed by atoms with E-state index >= 15 is 0 Å². The molecule has 0 aliphatic carbocycles. The zero-order valence-corrected chi connectivity index (χ0v) is 19.5. The summed E-state index contributed by atoms with van der Waals surface area (Å²) >= 11 is 0. The normalized spacial score (nSPS) is 12.4. The minimum atomic E-state index is -0.661. The number of aromatic nitrogens is 2. The van der Waals surface area contributed by atoms with Crippen molar-refractivity contribution in [2.45, 2.75) is 31.9 Å². The third-order valence-electron chi connectivity index (χ3n) is 5.68. The average Bonchev–Trinajstić information content (AvgIpc) is 3.51. The van der Waals surface area contributed by atoms with E-state index in [9.17, 15) is 5.11 Å². The van der Waals surface area contributed by atoms with Crippen molar-refractivity contribution in [2.75, 3.05) is 19.8 Å². The van der Waals surface area contributed by atoms with Crippen LogP contribution >= 0.6 is 0 Å². The summed E-state index contributed by atoms with van der Waals surface area (Å²) in [6.45, 7) is 4.82. The number of ether oxygens (including phenoxy) is 2. The molecule has 3 N–H and O–H groups in total. The number of aromatic amines is 1. The topological polar surface area (TPSA) is 95.2 Å². The zero-order valence-electron chi connectivity index (χ0n) is 19.5. The van der Waals surface area contributed by atoms with Gasteiger partial charge in [0.2, 0.25) is 0 Å². The molecule has 0 saturated carbocycles. The van der Waals surface area contributed by atoms with Gasteiger partial charge in [-0.25, -0.2) is 0 Å². The van der Waals surface area contributed by atoms with E-state index in [0.717, 1.165) is 34.3 Å². The smallest absolute Gasteiger partial charge is 0.174 e. The fourth-order valence-corrected chi connectivity index (χ4v) is 4.03. The minimum Gasteiger partial charge on any atom is -0.489 e. The van der Waals surface area contributed by atoms with E-state index in [-0.39, 0.29) is 18.8 Å². The van der Waals surface area contributed by atoms with Crippen LogP contribution in [0.4, 0.5) is 0 Å². The second-order valence-corrected chi connectivity index (χ2v) is 8.90. The molecule has 2 heterocycles. The van der Waals surface area contributed by atoms with Crippen molar-refractivity contribution in [2.24, 2.45) is 0 Å². The van der Waals surface area contributed by atoms with Crippen molar-refractivity contribution >= 4 is 10.9 Å². The molecular formula is C27H30N4O3. The fourth-order valence-electron chi connectivity index (χ4n) is 4.03. The van der Waals surface area contributed by atoms with Gasteiger partial charge in [-0.1, -0.05) is 24.3 Å². The maximum Gasteiger partial charge on any atom is 0.174 e. The number of para-hydroxylation sites is 3. The summed E-state index contributed by atoms with van der Waals surface area (Å²) in [5, 5.41) is 23.9. The lowest BCUT2D eigenvalue weighted by atomic mass is 9.94. The average molecular weight is 459 g/mol. The molecule has 0 spiro atoms. The van der Waals surface area contributed by atoms with Crippen LogP contribution in [-0.2, 0) is 6.42 Å². The van der Waals surface area contributed by atoms with Crippen molar-refractivity contribution in [1.29, 1.82) is 5.26 Å². The molecule has 7 heteroatoms. The summed E-state index contributed by atoms with van der Waals surface area (Å²) in [7, 11) is 0. The van der Waals surface area contributed by atoms with Crippen LogP contribution in [0.25, 0.3) is 16.6 Å². The molecule has 0 aliphatic heterocycles. The summed E-state index contributed by atoms with van der Waals surface area (Å²) in [5.74, 6) is 1.40. The molecule has 4 rings (SSSR count). The van der Waals surface area contributed by atoms with E-state index in [0.29, 0.717) is 12.3 Å². The molecule has 7 nitrogen and oxygen atoms in total. The predicted molar refractivity (Wildman–Crippen MR) is 132 cm³/mol. The summed E-state index contributed by atoms with van der Waals surface area (Å²) in [6, 6.07) is 19.5. The summed E-state index contributed by atoms with van der Waals surface area (Å²) in [4.78, 5) is 3.27. The molecule has 0 unspecified atom stereocenters. The lowest BCUT2D eigenvalue weighted by Crippen LogP contribution is -2.46. The number of nitriles is 1. The van der Waals surface area contributed by atoms with Gasteiger partial charge in [-0.15, -0.1) is 0 Å². The first-order valence-electron chi connectivity index (χ1n) is 11.3. The van der Waals surface area contributed by atoms with Crippen LogP contribution in [0.1, 0.15) is 19.4 Å². The van der Waals surface area contributed by atoms with Gasteiger partial charge in [-0.3, -0.25) is 0 Å². The standard InChI is InChI=1S/C27H30N4O3/c1-27(2,16-20-17-29-26-22(20)8-7-11-25(26)33-15-12-28)30-18-21(32)19-34-24-10-4-3-9-23(24)31-13-5-6-14-31/h3-11,13-14,17,21,29-30,32H,15-16,18-19H2,1-2H3/t21-/m0/s1. The zero-order chi connectivity index (χ0) is 24.0. The van der Waals surface area contributed by atoms with E-state index in [1.807, 2.05) is 83.8 Å². The third kappa shape index (κ3) is 5.60. The second kappa shape index (κ2) is 10.5. The Hall–Kier alpha value is -3.73. The van der Waals surface area contributed by atoms with Gasteiger partial charge < -0.3 is 29.4 Å². The maximum absolute atomic E-state index is 10.6. The number of hydrogen-bond donors (Lipinski definition) is 3. The lowest BCUT2D eigenvalue weighted by Gasteiger charge is -2.28. The molecule has 34 heavy (non-hydrogen) atoms. The Morgan fingerprint density at radius 3 is 2.62 bits per heavy atom. The lowest BCUT2D eigenvalue weighted by molar-refractivity contribution is 0.0988. The summed E-state index contributed by atoms with van der Waals surface area (Å²) in [5.41, 5.74) is 2.70. The largest absolute Gasteiger partial charge is 0.489 e. The van der Waals surface area contributed by atoms with E-state index < -0.39 is 6.10 Å². The highest BCUT2D eigenvalue weighted by Crippen LogP contribution is 2.29. The van der Waals surface area contributed by atoms with Gasteiger partial charge in [0.1, 0.15) is 30.3 Å². The fraction of sp³-hybridized carbons (Fsp3) is 0.296.